The maximum atomic E-state index is 13.1. The van der Waals surface area contributed by atoms with Gasteiger partial charge in [-0.3, -0.25) is 0 Å². The van der Waals surface area contributed by atoms with E-state index < -0.39 is 11.7 Å². The molecule has 4 rings (SSSR count). The minimum Gasteiger partial charge on any atom is -0.338 e. The Balaban J connectivity index is 1.60. The number of rotatable bonds is 6. The first-order chi connectivity index (χ1) is 13.5. The molecule has 0 aliphatic heterocycles. The van der Waals surface area contributed by atoms with Crippen LogP contribution in [0.3, 0.4) is 0 Å². The summed E-state index contributed by atoms with van der Waals surface area (Å²) in [7, 11) is 0. The predicted octanol–water partition coefficient (Wildman–Crippen LogP) is 5.87. The van der Waals surface area contributed by atoms with Gasteiger partial charge in [-0.25, -0.2) is 4.98 Å². The van der Waals surface area contributed by atoms with Crippen molar-refractivity contribution in [2.45, 2.75) is 37.0 Å². The van der Waals surface area contributed by atoms with Crippen LogP contribution in [0.1, 0.15) is 24.8 Å². The van der Waals surface area contributed by atoms with E-state index in [1.165, 1.54) is 29.2 Å². The topological polar surface area (TPSA) is 56.7 Å². The van der Waals surface area contributed by atoms with E-state index in [1.807, 2.05) is 29.0 Å². The van der Waals surface area contributed by atoms with Gasteiger partial charge in [-0.2, -0.15) is 18.2 Å². The SMILES string of the molecule is CCCn1c(SCc2nc(-c3cccs3)no2)nc2ccc(C(F)(F)F)cc21. The van der Waals surface area contributed by atoms with Gasteiger partial charge in [0.25, 0.3) is 0 Å². The highest BCUT2D eigenvalue weighted by atomic mass is 32.2. The Labute approximate surface area is 166 Å². The van der Waals surface area contributed by atoms with E-state index in [2.05, 4.69) is 15.1 Å². The van der Waals surface area contributed by atoms with E-state index in [4.69, 9.17) is 4.52 Å². The molecule has 0 N–H and O–H groups in total. The molecule has 0 bridgehead atoms. The molecule has 5 nitrogen and oxygen atoms in total. The van der Waals surface area contributed by atoms with Gasteiger partial charge in [0.2, 0.25) is 11.7 Å². The van der Waals surface area contributed by atoms with Gasteiger partial charge in [-0.1, -0.05) is 29.9 Å². The summed E-state index contributed by atoms with van der Waals surface area (Å²) in [5.74, 6) is 1.36. The summed E-state index contributed by atoms with van der Waals surface area (Å²) in [6, 6.07) is 7.45. The Hall–Kier alpha value is -2.33. The second kappa shape index (κ2) is 7.59. The molecular formula is C18H15F3N4OS2. The number of aromatic nitrogens is 4. The first-order valence-electron chi connectivity index (χ1n) is 8.52. The highest BCUT2D eigenvalue weighted by Crippen LogP contribution is 2.34. The Morgan fingerprint density at radius 3 is 2.79 bits per heavy atom. The highest BCUT2D eigenvalue weighted by molar-refractivity contribution is 7.98. The van der Waals surface area contributed by atoms with E-state index in [0.29, 0.717) is 40.2 Å². The van der Waals surface area contributed by atoms with Crippen LogP contribution in [0, 0.1) is 0 Å². The molecule has 4 aromatic rings. The van der Waals surface area contributed by atoms with E-state index in [-0.39, 0.29) is 0 Å². The van der Waals surface area contributed by atoms with Crippen LogP contribution in [0.5, 0.6) is 0 Å². The summed E-state index contributed by atoms with van der Waals surface area (Å²) < 4.78 is 46.3. The number of thioether (sulfide) groups is 1. The number of aryl methyl sites for hydroxylation is 1. The number of fused-ring (bicyclic) bond motifs is 1. The zero-order valence-corrected chi connectivity index (χ0v) is 16.4. The van der Waals surface area contributed by atoms with Crippen LogP contribution in [0.4, 0.5) is 13.2 Å². The molecule has 0 unspecified atom stereocenters. The van der Waals surface area contributed by atoms with E-state index in [0.717, 1.165) is 23.4 Å². The van der Waals surface area contributed by atoms with Gasteiger partial charge in [0, 0.05) is 6.54 Å². The lowest BCUT2D eigenvalue weighted by Crippen LogP contribution is -2.05. The monoisotopic (exact) mass is 424 g/mol. The van der Waals surface area contributed by atoms with Crippen LogP contribution in [0.15, 0.2) is 45.4 Å². The summed E-state index contributed by atoms with van der Waals surface area (Å²) in [6.45, 7) is 2.55. The molecule has 0 atom stereocenters. The molecule has 3 aromatic heterocycles. The van der Waals surface area contributed by atoms with Gasteiger partial charge in [0.15, 0.2) is 5.16 Å². The average molecular weight is 424 g/mol. The minimum absolute atomic E-state index is 0.386. The van der Waals surface area contributed by atoms with Crippen LogP contribution in [0.25, 0.3) is 21.7 Å². The zero-order valence-electron chi connectivity index (χ0n) is 14.7. The Bertz CT molecular complexity index is 1090. The number of hydrogen-bond acceptors (Lipinski definition) is 6. The summed E-state index contributed by atoms with van der Waals surface area (Å²) in [5.41, 5.74) is 0.337. The molecule has 0 spiro atoms. The summed E-state index contributed by atoms with van der Waals surface area (Å²) in [5, 5.41) is 6.53. The van der Waals surface area contributed by atoms with Gasteiger partial charge in [-0.05, 0) is 36.1 Å². The Kier molecular flexibility index (Phi) is 5.15. The molecule has 0 aliphatic carbocycles. The third-order valence-electron chi connectivity index (χ3n) is 4.02. The maximum absolute atomic E-state index is 13.1. The fraction of sp³-hybridized carbons (Fsp3) is 0.278. The number of alkyl halides is 3. The van der Waals surface area contributed by atoms with Crippen molar-refractivity contribution < 1.29 is 17.7 Å². The lowest BCUT2D eigenvalue weighted by atomic mass is 10.2. The number of benzene rings is 1. The van der Waals surface area contributed by atoms with E-state index in [9.17, 15) is 13.2 Å². The second-order valence-electron chi connectivity index (χ2n) is 6.02. The van der Waals surface area contributed by atoms with Crippen molar-refractivity contribution in [3.05, 3.63) is 47.2 Å². The van der Waals surface area contributed by atoms with Gasteiger partial charge in [0.05, 0.1) is 27.2 Å². The summed E-state index contributed by atoms with van der Waals surface area (Å²) in [4.78, 5) is 9.78. The molecule has 0 saturated heterocycles. The largest absolute Gasteiger partial charge is 0.416 e. The second-order valence-corrected chi connectivity index (χ2v) is 7.92. The average Bonchev–Trinajstić information content (AvgIpc) is 3.39. The fourth-order valence-corrected chi connectivity index (χ4v) is 4.30. The summed E-state index contributed by atoms with van der Waals surface area (Å²) >= 11 is 2.89. The van der Waals surface area contributed by atoms with Crippen molar-refractivity contribution in [1.29, 1.82) is 0 Å². The van der Waals surface area contributed by atoms with Crippen molar-refractivity contribution in [3.8, 4) is 10.7 Å². The normalized spacial score (nSPS) is 12.1. The zero-order chi connectivity index (χ0) is 19.7. The standard InChI is InChI=1S/C18H15F3N4OS2/c1-2-7-25-13-9-11(18(19,20)21)5-6-12(13)22-17(25)28-10-15-23-16(24-26-15)14-4-3-8-27-14/h3-6,8-9H,2,7,10H2,1H3. The number of nitrogens with zero attached hydrogens (tertiary/aromatic N) is 4. The van der Waals surface area contributed by atoms with Crippen LogP contribution in [-0.2, 0) is 18.5 Å². The van der Waals surface area contributed by atoms with Crippen LogP contribution >= 0.6 is 23.1 Å². The van der Waals surface area contributed by atoms with Crippen LogP contribution in [-0.4, -0.2) is 19.7 Å². The number of imidazole rings is 1. The smallest absolute Gasteiger partial charge is 0.338 e. The van der Waals surface area contributed by atoms with E-state index in [1.54, 1.807) is 0 Å². The fourth-order valence-electron chi connectivity index (χ4n) is 2.77. The first-order valence-corrected chi connectivity index (χ1v) is 10.4. The van der Waals surface area contributed by atoms with Crippen molar-refractivity contribution in [3.63, 3.8) is 0 Å². The van der Waals surface area contributed by atoms with Crippen molar-refractivity contribution in [2.24, 2.45) is 0 Å². The van der Waals surface area contributed by atoms with Crippen LogP contribution < -0.4 is 0 Å². The third-order valence-corrected chi connectivity index (χ3v) is 5.85. The maximum Gasteiger partial charge on any atom is 0.416 e. The molecule has 0 amide bonds. The molecule has 1 aromatic carbocycles. The van der Waals surface area contributed by atoms with Gasteiger partial charge in [-0.15, -0.1) is 11.3 Å². The quantitative estimate of drug-likeness (QED) is 0.362. The Morgan fingerprint density at radius 2 is 2.07 bits per heavy atom. The molecule has 0 fully saturated rings. The third kappa shape index (κ3) is 3.79. The van der Waals surface area contributed by atoms with E-state index >= 15 is 0 Å². The molecule has 0 saturated carbocycles. The number of hydrogen-bond donors (Lipinski definition) is 0. The first kappa shape index (κ1) is 19.0. The molecule has 10 heteroatoms. The Morgan fingerprint density at radius 1 is 1.21 bits per heavy atom. The molecule has 146 valence electrons. The van der Waals surface area contributed by atoms with Crippen molar-refractivity contribution in [1.82, 2.24) is 19.7 Å². The molecule has 28 heavy (non-hydrogen) atoms. The van der Waals surface area contributed by atoms with Crippen LogP contribution in [0.2, 0.25) is 0 Å². The predicted molar refractivity (Wildman–Crippen MR) is 102 cm³/mol. The summed E-state index contributed by atoms with van der Waals surface area (Å²) in [6.07, 6.45) is -3.61. The number of halogens is 3. The van der Waals surface area contributed by atoms with Crippen molar-refractivity contribution in [2.75, 3.05) is 0 Å². The van der Waals surface area contributed by atoms with Crippen molar-refractivity contribution >= 4 is 34.1 Å². The minimum atomic E-state index is -4.38. The highest BCUT2D eigenvalue weighted by Gasteiger charge is 2.31. The lowest BCUT2D eigenvalue weighted by Gasteiger charge is -2.09. The molecule has 3 heterocycles. The molecule has 0 aliphatic rings. The number of thiophene rings is 1. The van der Waals surface area contributed by atoms with Gasteiger partial charge < -0.3 is 9.09 Å². The molecule has 0 radical (unpaired) electrons. The lowest BCUT2D eigenvalue weighted by molar-refractivity contribution is -0.137. The van der Waals surface area contributed by atoms with Gasteiger partial charge >= 0.3 is 6.18 Å². The molecular weight excluding hydrogens is 409 g/mol. The van der Waals surface area contributed by atoms with Gasteiger partial charge in [0.1, 0.15) is 0 Å².